The fraction of sp³-hybridized carbons (Fsp3) is 0.548. The van der Waals surface area contributed by atoms with Crippen molar-refractivity contribution in [3.05, 3.63) is 71.3 Å². The Bertz CT molecular complexity index is 1070. The molecule has 1 unspecified atom stereocenters. The van der Waals surface area contributed by atoms with Gasteiger partial charge in [0.15, 0.2) is 0 Å². The van der Waals surface area contributed by atoms with Gasteiger partial charge in [-0.25, -0.2) is 4.79 Å². The molecular formula is C31H42N2O5. The molecule has 1 aliphatic heterocycles. The highest BCUT2D eigenvalue weighted by atomic mass is 16.6. The summed E-state index contributed by atoms with van der Waals surface area (Å²) in [5.74, 6) is 0.0843. The molecule has 2 aromatic rings. The van der Waals surface area contributed by atoms with Gasteiger partial charge in [-0.3, -0.25) is 15.0 Å². The van der Waals surface area contributed by atoms with Gasteiger partial charge in [0.1, 0.15) is 11.8 Å². The van der Waals surface area contributed by atoms with Crippen molar-refractivity contribution >= 4 is 12.1 Å². The third kappa shape index (κ3) is 7.35. The third-order valence-electron chi connectivity index (χ3n) is 7.54. The molecule has 1 amide bonds. The Balaban J connectivity index is 1.40. The van der Waals surface area contributed by atoms with Crippen molar-refractivity contribution in [3.8, 4) is 0 Å². The molecule has 206 valence electrons. The van der Waals surface area contributed by atoms with E-state index in [2.05, 4.69) is 34.5 Å². The molecule has 1 spiro atoms. The summed E-state index contributed by atoms with van der Waals surface area (Å²) >= 11 is 0. The molecule has 2 aromatic carbocycles. The quantitative estimate of drug-likeness (QED) is 0.345. The van der Waals surface area contributed by atoms with Crippen LogP contribution in [0.2, 0.25) is 0 Å². The number of piperidine rings is 1. The van der Waals surface area contributed by atoms with Crippen LogP contribution in [-0.4, -0.2) is 55.0 Å². The third-order valence-corrected chi connectivity index (χ3v) is 7.54. The van der Waals surface area contributed by atoms with E-state index < -0.39 is 17.9 Å². The molecule has 0 bridgehead atoms. The number of fused-ring (bicyclic) bond motifs is 2. The average molecular weight is 523 g/mol. The first-order chi connectivity index (χ1) is 18.2. The first-order valence-electron chi connectivity index (χ1n) is 13.8. The van der Waals surface area contributed by atoms with E-state index in [1.54, 1.807) is 0 Å². The first kappa shape index (κ1) is 28.1. The SMILES string of the molecule is CCOC(=O)CC1CC2(CCN(C[C@H](NC(=O)OC(C)(C)C)OCc3ccccc3)CC2)c2ccccc21. The predicted molar refractivity (Wildman–Crippen MR) is 147 cm³/mol. The van der Waals surface area contributed by atoms with Crippen LogP contribution in [0, 0.1) is 0 Å². The maximum Gasteiger partial charge on any atom is 0.409 e. The molecule has 1 aliphatic carbocycles. The van der Waals surface area contributed by atoms with Crippen LogP contribution in [-0.2, 0) is 31.0 Å². The molecule has 4 rings (SSSR count). The van der Waals surface area contributed by atoms with Crippen LogP contribution in [0.1, 0.15) is 76.0 Å². The number of alkyl carbamates (subject to hydrolysis) is 1. The zero-order chi connectivity index (χ0) is 27.2. The standard InChI is InChI=1S/C31H42N2O5/c1-5-36-28(34)19-24-20-31(26-14-10-9-13-25(24)26)15-17-33(18-16-31)21-27(32-29(35)38-30(2,3)4)37-22-23-11-7-6-8-12-23/h6-14,24,27H,5,15-22H2,1-4H3,(H,32,35)/t24?,27-/m1/s1. The van der Waals surface area contributed by atoms with E-state index in [0.717, 1.165) is 37.9 Å². The number of nitrogens with one attached hydrogen (secondary N) is 1. The lowest BCUT2D eigenvalue weighted by Gasteiger charge is -2.41. The van der Waals surface area contributed by atoms with Gasteiger partial charge >= 0.3 is 12.1 Å². The summed E-state index contributed by atoms with van der Waals surface area (Å²) in [5, 5.41) is 2.93. The Hall–Kier alpha value is -2.90. The largest absolute Gasteiger partial charge is 0.466 e. The summed E-state index contributed by atoms with van der Waals surface area (Å²) in [5.41, 5.74) is 3.23. The Morgan fingerprint density at radius 3 is 2.42 bits per heavy atom. The number of hydrogen-bond acceptors (Lipinski definition) is 6. The molecule has 1 fully saturated rings. The van der Waals surface area contributed by atoms with Crippen molar-refractivity contribution in [1.82, 2.24) is 10.2 Å². The lowest BCUT2D eigenvalue weighted by Crippen LogP contribution is -2.50. The number of carbonyl (C=O) groups excluding carboxylic acids is 2. The van der Waals surface area contributed by atoms with Crippen molar-refractivity contribution < 1.29 is 23.8 Å². The zero-order valence-electron chi connectivity index (χ0n) is 23.2. The zero-order valence-corrected chi connectivity index (χ0v) is 23.2. The van der Waals surface area contributed by atoms with Crippen LogP contribution >= 0.6 is 0 Å². The van der Waals surface area contributed by atoms with E-state index >= 15 is 0 Å². The van der Waals surface area contributed by atoms with Crippen LogP contribution in [0.3, 0.4) is 0 Å². The van der Waals surface area contributed by atoms with Crippen molar-refractivity contribution in [2.24, 2.45) is 0 Å². The fourth-order valence-corrected chi connectivity index (χ4v) is 5.85. The first-order valence-corrected chi connectivity index (χ1v) is 13.8. The molecule has 7 heteroatoms. The molecule has 2 aliphatic rings. The van der Waals surface area contributed by atoms with Crippen LogP contribution in [0.25, 0.3) is 0 Å². The Labute approximate surface area is 226 Å². The molecule has 1 heterocycles. The number of likely N-dealkylation sites (tertiary alicyclic amines) is 1. The highest BCUT2D eigenvalue weighted by Crippen LogP contribution is 2.52. The fourth-order valence-electron chi connectivity index (χ4n) is 5.85. The van der Waals surface area contributed by atoms with E-state index in [-0.39, 0.29) is 17.3 Å². The molecule has 1 N–H and O–H groups in total. The molecule has 38 heavy (non-hydrogen) atoms. The molecule has 7 nitrogen and oxygen atoms in total. The number of nitrogens with zero attached hydrogens (tertiary/aromatic N) is 1. The highest BCUT2D eigenvalue weighted by molar-refractivity contribution is 5.71. The second-order valence-electron chi connectivity index (χ2n) is 11.5. The van der Waals surface area contributed by atoms with Gasteiger partial charge in [-0.2, -0.15) is 0 Å². The topological polar surface area (TPSA) is 77.1 Å². The molecule has 0 radical (unpaired) electrons. The number of carbonyl (C=O) groups is 2. The predicted octanol–water partition coefficient (Wildman–Crippen LogP) is 5.53. The Morgan fingerprint density at radius 2 is 1.74 bits per heavy atom. The minimum Gasteiger partial charge on any atom is -0.466 e. The normalized spacial score (nSPS) is 19.5. The minimum atomic E-state index is -0.582. The molecule has 1 saturated heterocycles. The van der Waals surface area contributed by atoms with Crippen molar-refractivity contribution in [2.75, 3.05) is 26.2 Å². The number of ether oxygens (including phenoxy) is 3. The highest BCUT2D eigenvalue weighted by Gasteiger charge is 2.46. The van der Waals surface area contributed by atoms with Gasteiger partial charge in [0.2, 0.25) is 0 Å². The molecule has 2 atom stereocenters. The van der Waals surface area contributed by atoms with Crippen molar-refractivity contribution in [3.63, 3.8) is 0 Å². The van der Waals surface area contributed by atoms with Gasteiger partial charge < -0.3 is 14.2 Å². The lowest BCUT2D eigenvalue weighted by atomic mass is 9.73. The summed E-state index contributed by atoms with van der Waals surface area (Å²) in [4.78, 5) is 27.2. The second-order valence-corrected chi connectivity index (χ2v) is 11.5. The van der Waals surface area contributed by atoms with Crippen LogP contribution in [0.15, 0.2) is 54.6 Å². The smallest absolute Gasteiger partial charge is 0.409 e. The summed E-state index contributed by atoms with van der Waals surface area (Å²) in [6.07, 6.45) is 2.44. The summed E-state index contributed by atoms with van der Waals surface area (Å²) in [6, 6.07) is 18.6. The van der Waals surface area contributed by atoms with E-state index in [1.165, 1.54) is 11.1 Å². The number of amides is 1. The van der Waals surface area contributed by atoms with Crippen molar-refractivity contribution in [1.29, 1.82) is 0 Å². The van der Waals surface area contributed by atoms with Crippen LogP contribution in [0.4, 0.5) is 4.79 Å². The van der Waals surface area contributed by atoms with Gasteiger partial charge in [0.05, 0.1) is 19.6 Å². The number of benzene rings is 2. The summed E-state index contributed by atoms with van der Waals surface area (Å²) in [6.45, 7) is 10.6. The summed E-state index contributed by atoms with van der Waals surface area (Å²) in [7, 11) is 0. The van der Waals surface area contributed by atoms with E-state index in [0.29, 0.717) is 26.2 Å². The Morgan fingerprint density at radius 1 is 1.05 bits per heavy atom. The van der Waals surface area contributed by atoms with Crippen LogP contribution in [0.5, 0.6) is 0 Å². The van der Waals surface area contributed by atoms with Gasteiger partial charge in [-0.1, -0.05) is 54.6 Å². The van der Waals surface area contributed by atoms with Crippen molar-refractivity contribution in [2.45, 2.75) is 83.1 Å². The van der Waals surface area contributed by atoms with Crippen LogP contribution < -0.4 is 5.32 Å². The van der Waals surface area contributed by atoms with E-state index in [9.17, 15) is 9.59 Å². The van der Waals surface area contributed by atoms with Gasteiger partial charge in [-0.05, 0) is 88.1 Å². The number of hydrogen-bond donors (Lipinski definition) is 1. The second kappa shape index (κ2) is 12.3. The van der Waals surface area contributed by atoms with Gasteiger partial charge in [0, 0.05) is 6.54 Å². The Kier molecular flexibility index (Phi) is 9.11. The average Bonchev–Trinajstić information content (AvgIpc) is 3.16. The molecule has 0 saturated carbocycles. The van der Waals surface area contributed by atoms with E-state index in [4.69, 9.17) is 14.2 Å². The van der Waals surface area contributed by atoms with Gasteiger partial charge in [0.25, 0.3) is 0 Å². The maximum absolute atomic E-state index is 12.6. The van der Waals surface area contributed by atoms with Gasteiger partial charge in [-0.15, -0.1) is 0 Å². The minimum absolute atomic E-state index is 0.0727. The van der Waals surface area contributed by atoms with E-state index in [1.807, 2.05) is 58.0 Å². The molecule has 0 aromatic heterocycles. The number of esters is 1. The number of rotatable bonds is 9. The maximum atomic E-state index is 12.6. The summed E-state index contributed by atoms with van der Waals surface area (Å²) < 4.78 is 16.9. The molecular weight excluding hydrogens is 480 g/mol. The monoisotopic (exact) mass is 522 g/mol. The lowest BCUT2D eigenvalue weighted by molar-refractivity contribution is -0.143.